The minimum atomic E-state index is -4.39. The van der Waals surface area contributed by atoms with Crippen LogP contribution in [0.5, 0.6) is 5.75 Å². The van der Waals surface area contributed by atoms with Crippen LogP contribution in [0.3, 0.4) is 0 Å². The number of benzene rings is 1. The number of alkyl halides is 3. The molecule has 112 valence electrons. The van der Waals surface area contributed by atoms with Gasteiger partial charge in [-0.2, -0.15) is 13.2 Å². The molecule has 0 radical (unpaired) electrons. The van der Waals surface area contributed by atoms with Crippen LogP contribution in [-0.4, -0.2) is 31.8 Å². The normalized spacial score (nSPS) is 11.2. The highest BCUT2D eigenvalue weighted by atomic mass is 19.4. The molecule has 0 unspecified atom stereocenters. The molecule has 0 bridgehead atoms. The van der Waals surface area contributed by atoms with Crippen LogP contribution < -0.4 is 15.4 Å². The average molecular weight is 290 g/mol. The summed E-state index contributed by atoms with van der Waals surface area (Å²) in [6.07, 6.45) is -4.39. The van der Waals surface area contributed by atoms with E-state index in [1.54, 1.807) is 5.32 Å². The Balaban J connectivity index is 2.30. The van der Waals surface area contributed by atoms with Gasteiger partial charge in [-0.15, -0.1) is 0 Å². The summed E-state index contributed by atoms with van der Waals surface area (Å²) >= 11 is 0. The molecule has 0 aliphatic carbocycles. The van der Waals surface area contributed by atoms with Crippen molar-refractivity contribution in [1.29, 1.82) is 0 Å². The van der Waals surface area contributed by atoms with Gasteiger partial charge in [-0.25, -0.2) is 0 Å². The molecule has 1 aromatic carbocycles. The molecule has 2 N–H and O–H groups in total. The van der Waals surface area contributed by atoms with Crippen molar-refractivity contribution in [2.45, 2.75) is 19.6 Å². The van der Waals surface area contributed by atoms with Crippen molar-refractivity contribution in [3.63, 3.8) is 0 Å². The molecule has 0 aliphatic heterocycles. The van der Waals surface area contributed by atoms with E-state index in [1.807, 2.05) is 31.2 Å². The van der Waals surface area contributed by atoms with E-state index in [2.05, 4.69) is 5.32 Å². The van der Waals surface area contributed by atoms with Crippen LogP contribution in [0, 0.1) is 0 Å². The average Bonchev–Trinajstić information content (AvgIpc) is 2.36. The molecule has 0 spiro atoms. The Kier molecular flexibility index (Phi) is 6.30. The number of rotatable bonds is 7. The topological polar surface area (TPSA) is 50.4 Å². The largest absolute Gasteiger partial charge is 0.494 e. The summed E-state index contributed by atoms with van der Waals surface area (Å²) in [6, 6.07) is 7.27. The highest BCUT2D eigenvalue weighted by Gasteiger charge is 2.27. The van der Waals surface area contributed by atoms with Crippen molar-refractivity contribution in [2.75, 3.05) is 19.7 Å². The predicted molar refractivity (Wildman–Crippen MR) is 68.4 cm³/mol. The third kappa shape index (κ3) is 6.98. The predicted octanol–water partition coefficient (Wildman–Crippen LogP) is 1.85. The van der Waals surface area contributed by atoms with Crippen molar-refractivity contribution < 1.29 is 22.7 Å². The van der Waals surface area contributed by atoms with Gasteiger partial charge < -0.3 is 15.4 Å². The maximum Gasteiger partial charge on any atom is 0.405 e. The first-order valence-corrected chi connectivity index (χ1v) is 6.16. The first-order valence-electron chi connectivity index (χ1n) is 6.16. The van der Waals surface area contributed by atoms with Gasteiger partial charge >= 0.3 is 6.18 Å². The number of ether oxygens (including phenoxy) is 1. The summed E-state index contributed by atoms with van der Waals surface area (Å²) < 4.78 is 40.9. The third-order valence-corrected chi connectivity index (χ3v) is 2.31. The number of halogens is 3. The molecule has 20 heavy (non-hydrogen) atoms. The highest BCUT2D eigenvalue weighted by molar-refractivity contribution is 5.78. The second kappa shape index (κ2) is 7.74. The van der Waals surface area contributed by atoms with Crippen LogP contribution >= 0.6 is 0 Å². The molecule has 0 saturated heterocycles. The van der Waals surface area contributed by atoms with E-state index in [0.717, 1.165) is 5.56 Å². The van der Waals surface area contributed by atoms with Gasteiger partial charge in [0.1, 0.15) is 12.3 Å². The molecule has 0 aliphatic rings. The fourth-order valence-electron chi connectivity index (χ4n) is 1.49. The van der Waals surface area contributed by atoms with Crippen molar-refractivity contribution >= 4 is 5.91 Å². The number of carbonyl (C=O) groups is 1. The molecular weight excluding hydrogens is 273 g/mol. The molecule has 7 heteroatoms. The van der Waals surface area contributed by atoms with E-state index in [9.17, 15) is 18.0 Å². The molecule has 0 fully saturated rings. The van der Waals surface area contributed by atoms with Gasteiger partial charge in [0.2, 0.25) is 5.91 Å². The van der Waals surface area contributed by atoms with Crippen LogP contribution in [0.2, 0.25) is 0 Å². The SMILES string of the molecule is CCOc1cccc(CNCC(=O)NCC(F)(F)F)c1. The second-order valence-electron chi connectivity index (χ2n) is 4.08. The fourth-order valence-corrected chi connectivity index (χ4v) is 1.49. The fraction of sp³-hybridized carbons (Fsp3) is 0.462. The van der Waals surface area contributed by atoms with E-state index < -0.39 is 18.6 Å². The zero-order valence-corrected chi connectivity index (χ0v) is 11.1. The molecular formula is C13H17F3N2O2. The van der Waals surface area contributed by atoms with Crippen molar-refractivity contribution in [1.82, 2.24) is 10.6 Å². The Morgan fingerprint density at radius 3 is 2.75 bits per heavy atom. The third-order valence-electron chi connectivity index (χ3n) is 2.31. The van der Waals surface area contributed by atoms with Gasteiger partial charge in [-0.05, 0) is 24.6 Å². The van der Waals surface area contributed by atoms with Gasteiger partial charge in [0.15, 0.2) is 0 Å². The number of carbonyl (C=O) groups excluding carboxylic acids is 1. The smallest absolute Gasteiger partial charge is 0.405 e. The molecule has 0 atom stereocenters. The van der Waals surface area contributed by atoms with Crippen LogP contribution in [-0.2, 0) is 11.3 Å². The number of amides is 1. The molecule has 1 aromatic rings. The van der Waals surface area contributed by atoms with Gasteiger partial charge in [-0.1, -0.05) is 12.1 Å². The maximum absolute atomic E-state index is 11.9. The monoisotopic (exact) mass is 290 g/mol. The Labute approximate surface area is 115 Å². The first kappa shape index (κ1) is 16.3. The first-order chi connectivity index (χ1) is 9.40. The Morgan fingerprint density at radius 2 is 2.10 bits per heavy atom. The lowest BCUT2D eigenvalue weighted by Gasteiger charge is -2.09. The summed E-state index contributed by atoms with van der Waals surface area (Å²) in [5, 5.41) is 4.56. The lowest BCUT2D eigenvalue weighted by molar-refractivity contribution is -0.137. The molecule has 0 heterocycles. The van der Waals surface area contributed by atoms with E-state index in [4.69, 9.17) is 4.74 Å². The minimum Gasteiger partial charge on any atom is -0.494 e. The molecule has 1 rings (SSSR count). The standard InChI is InChI=1S/C13H17F3N2O2/c1-2-20-11-5-3-4-10(6-11)7-17-8-12(19)18-9-13(14,15)16/h3-6,17H,2,7-9H2,1H3,(H,18,19). The Bertz CT molecular complexity index is 436. The van der Waals surface area contributed by atoms with Gasteiger partial charge in [0, 0.05) is 6.54 Å². The van der Waals surface area contributed by atoms with Gasteiger partial charge in [0.05, 0.1) is 13.2 Å². The lowest BCUT2D eigenvalue weighted by atomic mass is 10.2. The van der Waals surface area contributed by atoms with Crippen molar-refractivity contribution in [3.8, 4) is 5.75 Å². The quantitative estimate of drug-likeness (QED) is 0.806. The van der Waals surface area contributed by atoms with E-state index >= 15 is 0 Å². The van der Waals surface area contributed by atoms with Crippen LogP contribution in [0.4, 0.5) is 13.2 Å². The lowest BCUT2D eigenvalue weighted by Crippen LogP contribution is -2.39. The summed E-state index contributed by atoms with van der Waals surface area (Å²) in [5.41, 5.74) is 0.888. The number of nitrogens with one attached hydrogen (secondary N) is 2. The molecule has 0 aromatic heterocycles. The summed E-state index contributed by atoms with van der Waals surface area (Å²) in [4.78, 5) is 11.2. The zero-order valence-electron chi connectivity index (χ0n) is 11.1. The molecule has 4 nitrogen and oxygen atoms in total. The minimum absolute atomic E-state index is 0.172. The maximum atomic E-state index is 11.9. The summed E-state index contributed by atoms with van der Waals surface area (Å²) in [6.45, 7) is 1.31. The van der Waals surface area contributed by atoms with Crippen LogP contribution in [0.1, 0.15) is 12.5 Å². The Morgan fingerprint density at radius 1 is 1.35 bits per heavy atom. The van der Waals surface area contributed by atoms with E-state index in [0.29, 0.717) is 18.9 Å². The van der Waals surface area contributed by atoms with Crippen LogP contribution in [0.15, 0.2) is 24.3 Å². The van der Waals surface area contributed by atoms with E-state index in [1.165, 1.54) is 0 Å². The number of hydrogen-bond donors (Lipinski definition) is 2. The highest BCUT2D eigenvalue weighted by Crippen LogP contribution is 2.13. The van der Waals surface area contributed by atoms with Gasteiger partial charge in [-0.3, -0.25) is 4.79 Å². The zero-order chi connectivity index (χ0) is 15.0. The molecule has 0 saturated carbocycles. The van der Waals surface area contributed by atoms with Gasteiger partial charge in [0.25, 0.3) is 0 Å². The summed E-state index contributed by atoms with van der Waals surface area (Å²) in [5.74, 6) is 0.0246. The van der Waals surface area contributed by atoms with E-state index in [-0.39, 0.29) is 6.54 Å². The van der Waals surface area contributed by atoms with Crippen molar-refractivity contribution in [3.05, 3.63) is 29.8 Å². The number of hydrogen-bond acceptors (Lipinski definition) is 3. The Hall–Kier alpha value is -1.76. The summed E-state index contributed by atoms with van der Waals surface area (Å²) in [7, 11) is 0. The van der Waals surface area contributed by atoms with Crippen molar-refractivity contribution in [2.24, 2.45) is 0 Å². The molecule has 1 amide bonds. The second-order valence-corrected chi connectivity index (χ2v) is 4.08. The van der Waals surface area contributed by atoms with Crippen LogP contribution in [0.25, 0.3) is 0 Å².